The van der Waals surface area contributed by atoms with Crippen LogP contribution in [0.4, 0.5) is 5.69 Å². The van der Waals surface area contributed by atoms with Crippen LogP contribution in [0.2, 0.25) is 0 Å². The molecule has 3 aromatic carbocycles. The van der Waals surface area contributed by atoms with Crippen LogP contribution in [-0.4, -0.2) is 0 Å². The second-order valence-electron chi connectivity index (χ2n) is 10.4. The molecule has 0 unspecified atom stereocenters. The normalized spacial score (nSPS) is 14.1. The number of hydrogen-bond acceptors (Lipinski definition) is 1. The summed E-state index contributed by atoms with van der Waals surface area (Å²) in [6, 6.07) is 21.1. The summed E-state index contributed by atoms with van der Waals surface area (Å²) in [6.45, 7) is 12.2. The van der Waals surface area contributed by atoms with Gasteiger partial charge in [-0.1, -0.05) is 74.2 Å². The maximum absolute atomic E-state index is 7.82. The van der Waals surface area contributed by atoms with Gasteiger partial charge in [0.2, 0.25) is 5.69 Å². The third-order valence-corrected chi connectivity index (χ3v) is 7.94. The third kappa shape index (κ3) is 3.69. The molecular weight excluding hydrogens is 440 g/mol. The van der Waals surface area contributed by atoms with E-state index >= 15 is 0 Å². The van der Waals surface area contributed by atoms with Crippen LogP contribution in [-0.2, 0) is 13.5 Å². The van der Waals surface area contributed by atoms with E-state index in [1.54, 1.807) is 0 Å². The summed E-state index contributed by atoms with van der Waals surface area (Å²) in [6.07, 6.45) is 8.77. The van der Waals surface area contributed by atoms with Gasteiger partial charge in [0.25, 0.3) is 0 Å². The fraction of sp³-hybridized carbons (Fsp3) is 0.273. The molecule has 1 saturated carbocycles. The molecule has 0 N–H and O–H groups in total. The molecule has 3 heteroatoms. The molecule has 0 amide bonds. The minimum Gasteiger partial charge on any atom is -0.456 e. The van der Waals surface area contributed by atoms with Gasteiger partial charge in [0, 0.05) is 28.5 Å². The highest BCUT2D eigenvalue weighted by Crippen LogP contribution is 2.45. The molecule has 36 heavy (non-hydrogen) atoms. The van der Waals surface area contributed by atoms with Crippen LogP contribution in [0.15, 0.2) is 71.3 Å². The first-order valence-electron chi connectivity index (χ1n) is 13.0. The van der Waals surface area contributed by atoms with Crippen LogP contribution in [0.1, 0.15) is 42.4 Å². The average molecular weight is 472 g/mol. The van der Waals surface area contributed by atoms with Crippen molar-refractivity contribution in [3.8, 4) is 22.4 Å². The fourth-order valence-corrected chi connectivity index (χ4v) is 6.20. The molecule has 3 nitrogen and oxygen atoms in total. The van der Waals surface area contributed by atoms with Gasteiger partial charge in [0.05, 0.1) is 12.1 Å². The second-order valence-corrected chi connectivity index (χ2v) is 10.4. The smallest absolute Gasteiger partial charge is 0.216 e. The largest absolute Gasteiger partial charge is 0.456 e. The van der Waals surface area contributed by atoms with Crippen LogP contribution in [0.5, 0.6) is 0 Å². The number of fused-ring (bicyclic) bond motifs is 3. The number of hydrogen-bond donors (Lipinski definition) is 0. The van der Waals surface area contributed by atoms with Gasteiger partial charge in [-0.05, 0) is 48.4 Å². The number of nitrogens with zero attached hydrogens (tertiary/aromatic N) is 2. The van der Waals surface area contributed by atoms with E-state index in [9.17, 15) is 0 Å². The number of aryl methyl sites for hydroxylation is 3. The van der Waals surface area contributed by atoms with Crippen LogP contribution in [0.25, 0.3) is 49.2 Å². The standard InChI is InChI=1S/C33H31N2O/c1-21-18-22(2)30(28-20-24(16-17-35(28)4)19-23-10-8-9-11-23)33-29(21)26-14-15-27(34-3)31(32(26)36-33)25-12-6-5-7-13-25/h5-7,12-18,20,23H,8-11,19H2,1-2,4H3/q+1. The van der Waals surface area contributed by atoms with Gasteiger partial charge in [0.15, 0.2) is 11.9 Å². The molecule has 2 heterocycles. The minimum absolute atomic E-state index is 0.618. The molecule has 1 aliphatic carbocycles. The lowest BCUT2D eigenvalue weighted by atomic mass is 9.93. The summed E-state index contributed by atoms with van der Waals surface area (Å²) in [5, 5.41) is 2.21. The molecule has 2 aromatic heterocycles. The molecule has 0 atom stereocenters. The molecule has 6 rings (SSSR count). The van der Waals surface area contributed by atoms with E-state index in [1.165, 1.54) is 48.1 Å². The number of rotatable bonds is 4. The van der Waals surface area contributed by atoms with Crippen molar-refractivity contribution in [1.29, 1.82) is 0 Å². The number of pyridine rings is 1. The van der Waals surface area contributed by atoms with Crippen molar-refractivity contribution in [3.63, 3.8) is 0 Å². The Morgan fingerprint density at radius 2 is 1.69 bits per heavy atom. The Morgan fingerprint density at radius 1 is 0.917 bits per heavy atom. The van der Waals surface area contributed by atoms with Crippen LogP contribution >= 0.6 is 0 Å². The number of furan rings is 1. The fourth-order valence-electron chi connectivity index (χ4n) is 6.20. The Labute approximate surface area is 212 Å². The summed E-state index contributed by atoms with van der Waals surface area (Å²) >= 11 is 0. The van der Waals surface area contributed by atoms with E-state index in [-0.39, 0.29) is 0 Å². The molecule has 1 fully saturated rings. The summed E-state index contributed by atoms with van der Waals surface area (Å²) in [7, 11) is 2.12. The van der Waals surface area contributed by atoms with Crippen molar-refractivity contribution in [1.82, 2.24) is 0 Å². The van der Waals surface area contributed by atoms with Gasteiger partial charge in [0.1, 0.15) is 18.2 Å². The predicted molar refractivity (Wildman–Crippen MR) is 147 cm³/mol. The first kappa shape index (κ1) is 22.6. The van der Waals surface area contributed by atoms with Crippen molar-refractivity contribution in [2.24, 2.45) is 13.0 Å². The Balaban J connectivity index is 1.63. The average Bonchev–Trinajstić information content (AvgIpc) is 3.53. The highest BCUT2D eigenvalue weighted by atomic mass is 16.3. The molecule has 0 aliphatic heterocycles. The van der Waals surface area contributed by atoms with E-state index in [2.05, 4.69) is 72.9 Å². The summed E-state index contributed by atoms with van der Waals surface area (Å²) < 4.78 is 9.01. The monoisotopic (exact) mass is 471 g/mol. The Bertz CT molecular complexity index is 1650. The highest BCUT2D eigenvalue weighted by Gasteiger charge is 2.25. The van der Waals surface area contributed by atoms with Gasteiger partial charge in [-0.2, -0.15) is 0 Å². The summed E-state index contributed by atoms with van der Waals surface area (Å²) in [5.74, 6) is 0.802. The molecule has 0 radical (unpaired) electrons. The Hall–Kier alpha value is -3.90. The minimum atomic E-state index is 0.618. The lowest BCUT2D eigenvalue weighted by molar-refractivity contribution is -0.660. The van der Waals surface area contributed by atoms with E-state index in [0.29, 0.717) is 5.69 Å². The van der Waals surface area contributed by atoms with Crippen LogP contribution < -0.4 is 4.57 Å². The lowest BCUT2D eigenvalue weighted by Gasteiger charge is -2.11. The number of aromatic nitrogens is 1. The molecule has 1 aliphatic rings. The molecule has 0 saturated heterocycles. The van der Waals surface area contributed by atoms with E-state index in [0.717, 1.165) is 51.0 Å². The topological polar surface area (TPSA) is 21.4 Å². The first-order valence-corrected chi connectivity index (χ1v) is 13.0. The van der Waals surface area contributed by atoms with E-state index in [4.69, 9.17) is 11.0 Å². The van der Waals surface area contributed by atoms with Gasteiger partial charge in [-0.15, -0.1) is 0 Å². The van der Waals surface area contributed by atoms with Crippen LogP contribution in [0, 0.1) is 26.3 Å². The molecule has 5 aromatic rings. The maximum atomic E-state index is 7.82. The van der Waals surface area contributed by atoms with Gasteiger partial charge in [-0.3, -0.25) is 0 Å². The van der Waals surface area contributed by atoms with Crippen molar-refractivity contribution in [3.05, 3.63) is 95.0 Å². The zero-order chi connectivity index (χ0) is 24.8. The van der Waals surface area contributed by atoms with Crippen molar-refractivity contribution in [2.75, 3.05) is 0 Å². The molecular formula is C33H31N2O+. The van der Waals surface area contributed by atoms with E-state index < -0.39 is 0 Å². The lowest BCUT2D eigenvalue weighted by Crippen LogP contribution is -2.31. The Kier molecular flexibility index (Phi) is 5.61. The highest BCUT2D eigenvalue weighted by molar-refractivity contribution is 6.16. The summed E-state index contributed by atoms with van der Waals surface area (Å²) in [5.41, 5.74) is 10.3. The third-order valence-electron chi connectivity index (χ3n) is 7.94. The van der Waals surface area contributed by atoms with Gasteiger partial charge >= 0.3 is 0 Å². The summed E-state index contributed by atoms with van der Waals surface area (Å²) in [4.78, 5) is 3.85. The van der Waals surface area contributed by atoms with Crippen molar-refractivity contribution in [2.45, 2.75) is 46.0 Å². The zero-order valence-electron chi connectivity index (χ0n) is 21.3. The van der Waals surface area contributed by atoms with Gasteiger partial charge in [-0.25, -0.2) is 9.41 Å². The number of benzene rings is 3. The SMILES string of the molecule is [C-]#[N+]c1ccc2c(oc3c(-c4cc(CC5CCCC5)cc[n+]4C)c(C)cc(C)c32)c1-c1ccccc1. The quantitative estimate of drug-likeness (QED) is 0.190. The molecule has 178 valence electrons. The first-order chi connectivity index (χ1) is 17.5. The van der Waals surface area contributed by atoms with Crippen molar-refractivity contribution >= 4 is 27.6 Å². The molecule has 0 bridgehead atoms. The van der Waals surface area contributed by atoms with Crippen LogP contribution in [0.3, 0.4) is 0 Å². The van der Waals surface area contributed by atoms with E-state index in [1.807, 2.05) is 24.3 Å². The second kappa shape index (κ2) is 8.95. The van der Waals surface area contributed by atoms with Gasteiger partial charge < -0.3 is 4.42 Å². The maximum Gasteiger partial charge on any atom is 0.216 e. The predicted octanol–water partition coefficient (Wildman–Crippen LogP) is 8.64. The Morgan fingerprint density at radius 3 is 2.44 bits per heavy atom. The molecule has 0 spiro atoms. The van der Waals surface area contributed by atoms with Crippen molar-refractivity contribution < 1.29 is 8.98 Å². The zero-order valence-corrected chi connectivity index (χ0v) is 21.3.